The fraction of sp³-hybridized carbons (Fsp3) is 0.650. The van der Waals surface area contributed by atoms with Crippen molar-refractivity contribution in [3.8, 4) is 0 Å². The summed E-state index contributed by atoms with van der Waals surface area (Å²) in [7, 11) is 0. The number of likely N-dealkylation sites (tertiary alicyclic amines) is 1. The molecule has 1 saturated heterocycles. The van der Waals surface area contributed by atoms with Gasteiger partial charge in [0, 0.05) is 43.0 Å². The van der Waals surface area contributed by atoms with Gasteiger partial charge in [-0.25, -0.2) is 4.98 Å². The van der Waals surface area contributed by atoms with Gasteiger partial charge in [0.2, 0.25) is 0 Å². The van der Waals surface area contributed by atoms with Crippen molar-refractivity contribution < 1.29 is 4.79 Å². The second-order valence-corrected chi connectivity index (χ2v) is 7.82. The van der Waals surface area contributed by atoms with Crippen LogP contribution in [0.25, 0.3) is 0 Å². The number of piperidine rings is 1. The molecule has 4 heterocycles. The van der Waals surface area contributed by atoms with E-state index in [-0.39, 0.29) is 11.4 Å². The highest BCUT2D eigenvalue weighted by Crippen LogP contribution is 2.42. The van der Waals surface area contributed by atoms with Crippen LogP contribution in [-0.2, 0) is 18.4 Å². The minimum absolute atomic E-state index is 0.0322. The Bertz CT molecular complexity index is 814. The summed E-state index contributed by atoms with van der Waals surface area (Å²) in [6.45, 7) is 9.94. The number of rotatable bonds is 4. The van der Waals surface area contributed by atoms with Gasteiger partial charge in [0.15, 0.2) is 5.69 Å². The molecular weight excluding hydrogens is 340 g/mol. The van der Waals surface area contributed by atoms with E-state index in [9.17, 15) is 4.79 Å². The van der Waals surface area contributed by atoms with Gasteiger partial charge in [0.25, 0.3) is 5.91 Å². The summed E-state index contributed by atoms with van der Waals surface area (Å²) in [4.78, 5) is 25.6. The summed E-state index contributed by atoms with van der Waals surface area (Å²) in [6, 6.07) is 0. The Morgan fingerprint density at radius 1 is 1.26 bits per heavy atom. The zero-order valence-corrected chi connectivity index (χ0v) is 16.6. The number of carbonyl (C=O) groups excluding carboxylic acids is 1. The third-order valence-electron chi connectivity index (χ3n) is 6.43. The lowest BCUT2D eigenvalue weighted by molar-refractivity contribution is 0.00687. The largest absolute Gasteiger partial charge is 0.348 e. The number of imidazole rings is 1. The molecule has 2 aromatic heterocycles. The highest BCUT2D eigenvalue weighted by Gasteiger charge is 2.47. The molecule has 146 valence electrons. The summed E-state index contributed by atoms with van der Waals surface area (Å²) >= 11 is 0. The Kier molecular flexibility index (Phi) is 4.80. The zero-order chi connectivity index (χ0) is 19.0. The summed E-state index contributed by atoms with van der Waals surface area (Å²) < 4.78 is 0. The SMILES string of the molecule is CCCN1CCc2[nH]cnc2C12CCN(C(=O)c1n[nH]c(CC)c1C)CC2. The first-order valence-corrected chi connectivity index (χ1v) is 10.2. The molecule has 1 fully saturated rings. The number of hydrogen-bond acceptors (Lipinski definition) is 4. The number of hydrogen-bond donors (Lipinski definition) is 2. The van der Waals surface area contributed by atoms with Crippen molar-refractivity contribution in [3.63, 3.8) is 0 Å². The smallest absolute Gasteiger partial charge is 0.274 e. The highest BCUT2D eigenvalue weighted by atomic mass is 16.2. The van der Waals surface area contributed by atoms with E-state index >= 15 is 0 Å². The van der Waals surface area contributed by atoms with Gasteiger partial charge >= 0.3 is 0 Å². The Hall–Kier alpha value is -2.15. The maximum Gasteiger partial charge on any atom is 0.274 e. The highest BCUT2D eigenvalue weighted by molar-refractivity contribution is 5.94. The number of carbonyl (C=O) groups is 1. The molecule has 7 nitrogen and oxygen atoms in total. The van der Waals surface area contributed by atoms with Crippen LogP contribution in [0.15, 0.2) is 6.33 Å². The third-order valence-corrected chi connectivity index (χ3v) is 6.43. The molecule has 2 aromatic rings. The molecule has 1 amide bonds. The third kappa shape index (κ3) is 2.88. The van der Waals surface area contributed by atoms with Crippen LogP contribution in [0.2, 0.25) is 0 Å². The molecule has 1 spiro atoms. The van der Waals surface area contributed by atoms with Crippen molar-refractivity contribution in [1.29, 1.82) is 0 Å². The topological polar surface area (TPSA) is 80.9 Å². The van der Waals surface area contributed by atoms with Gasteiger partial charge in [-0.1, -0.05) is 13.8 Å². The van der Waals surface area contributed by atoms with E-state index in [0.29, 0.717) is 5.69 Å². The quantitative estimate of drug-likeness (QED) is 0.866. The maximum atomic E-state index is 13.0. The van der Waals surface area contributed by atoms with Crippen molar-refractivity contribution in [2.24, 2.45) is 0 Å². The summed E-state index contributed by atoms with van der Waals surface area (Å²) in [5.41, 5.74) is 5.07. The van der Waals surface area contributed by atoms with E-state index in [1.165, 1.54) is 11.4 Å². The number of nitrogens with one attached hydrogen (secondary N) is 2. The molecule has 2 N–H and O–H groups in total. The zero-order valence-electron chi connectivity index (χ0n) is 16.6. The average Bonchev–Trinajstić information content (AvgIpc) is 3.31. The maximum absolute atomic E-state index is 13.0. The van der Waals surface area contributed by atoms with Gasteiger partial charge in [-0.15, -0.1) is 0 Å². The Labute approximate surface area is 160 Å². The van der Waals surface area contributed by atoms with E-state index in [4.69, 9.17) is 4.98 Å². The van der Waals surface area contributed by atoms with Crippen molar-refractivity contribution in [3.05, 3.63) is 34.7 Å². The van der Waals surface area contributed by atoms with E-state index < -0.39 is 0 Å². The van der Waals surface area contributed by atoms with Gasteiger partial charge in [0.05, 0.1) is 17.6 Å². The number of aryl methyl sites for hydroxylation is 1. The number of nitrogens with zero attached hydrogens (tertiary/aromatic N) is 4. The summed E-state index contributed by atoms with van der Waals surface area (Å²) in [6.07, 6.45) is 6.73. The second-order valence-electron chi connectivity index (χ2n) is 7.82. The van der Waals surface area contributed by atoms with Crippen LogP contribution in [0.3, 0.4) is 0 Å². The predicted octanol–water partition coefficient (Wildman–Crippen LogP) is 2.40. The molecule has 2 aliphatic heterocycles. The second kappa shape index (κ2) is 7.11. The number of fused-ring (bicyclic) bond motifs is 2. The minimum atomic E-state index is -0.0322. The van der Waals surface area contributed by atoms with Crippen molar-refractivity contribution in [2.75, 3.05) is 26.2 Å². The Morgan fingerprint density at radius 2 is 2.04 bits per heavy atom. The van der Waals surface area contributed by atoms with Crippen LogP contribution in [0.5, 0.6) is 0 Å². The number of aromatic amines is 2. The molecule has 4 rings (SSSR count). The monoisotopic (exact) mass is 370 g/mol. The molecule has 0 atom stereocenters. The lowest BCUT2D eigenvalue weighted by atomic mass is 9.78. The van der Waals surface area contributed by atoms with Gasteiger partial charge in [-0.3, -0.25) is 14.8 Å². The standard InChI is InChI=1S/C20H30N6O/c1-4-9-26-10-6-16-18(22-13-21-16)20(26)7-11-25(12-8-20)19(27)17-14(3)15(5-2)23-24-17/h13H,4-12H2,1-3H3,(H,21,22)(H,23,24). The lowest BCUT2D eigenvalue weighted by Crippen LogP contribution is -2.57. The fourth-order valence-electron chi connectivity index (χ4n) is 4.89. The lowest BCUT2D eigenvalue weighted by Gasteiger charge is -2.50. The summed E-state index contributed by atoms with van der Waals surface area (Å²) in [5.74, 6) is 0.0541. The van der Waals surface area contributed by atoms with Crippen LogP contribution in [0.4, 0.5) is 0 Å². The van der Waals surface area contributed by atoms with Crippen molar-refractivity contribution in [2.45, 2.75) is 58.4 Å². The molecule has 2 aliphatic rings. The number of aromatic nitrogens is 4. The summed E-state index contributed by atoms with van der Waals surface area (Å²) in [5, 5.41) is 7.31. The molecule has 27 heavy (non-hydrogen) atoms. The van der Waals surface area contributed by atoms with Gasteiger partial charge in [-0.2, -0.15) is 5.10 Å². The van der Waals surface area contributed by atoms with E-state index in [1.807, 2.05) is 18.2 Å². The van der Waals surface area contributed by atoms with Gasteiger partial charge in [0.1, 0.15) is 0 Å². The van der Waals surface area contributed by atoms with E-state index in [0.717, 1.165) is 69.5 Å². The van der Waals surface area contributed by atoms with E-state index in [1.54, 1.807) is 0 Å². The first-order valence-electron chi connectivity index (χ1n) is 10.2. The van der Waals surface area contributed by atoms with Crippen molar-refractivity contribution in [1.82, 2.24) is 30.0 Å². The molecule has 7 heteroatoms. The molecule has 0 saturated carbocycles. The minimum Gasteiger partial charge on any atom is -0.348 e. The van der Waals surface area contributed by atoms with Crippen LogP contribution in [0.1, 0.15) is 66.2 Å². The normalized spacial score (nSPS) is 19.4. The van der Waals surface area contributed by atoms with Crippen molar-refractivity contribution >= 4 is 5.91 Å². The van der Waals surface area contributed by atoms with Crippen LogP contribution >= 0.6 is 0 Å². The Balaban J connectivity index is 1.55. The molecule has 0 unspecified atom stereocenters. The number of amides is 1. The van der Waals surface area contributed by atoms with Gasteiger partial charge < -0.3 is 9.88 Å². The van der Waals surface area contributed by atoms with Crippen LogP contribution in [0, 0.1) is 6.92 Å². The first-order chi connectivity index (χ1) is 13.1. The first kappa shape index (κ1) is 18.2. The molecule has 0 radical (unpaired) electrons. The molecular formula is C20H30N6O. The molecule has 0 aromatic carbocycles. The number of H-pyrrole nitrogens is 2. The molecule has 0 bridgehead atoms. The predicted molar refractivity (Wildman–Crippen MR) is 104 cm³/mol. The van der Waals surface area contributed by atoms with E-state index in [2.05, 4.69) is 33.9 Å². The average molecular weight is 371 g/mol. The fourth-order valence-corrected chi connectivity index (χ4v) is 4.89. The van der Waals surface area contributed by atoms with Gasteiger partial charge in [-0.05, 0) is 39.2 Å². The van der Waals surface area contributed by atoms with Crippen LogP contribution < -0.4 is 0 Å². The Morgan fingerprint density at radius 3 is 2.70 bits per heavy atom. The van der Waals surface area contributed by atoms with Crippen LogP contribution in [-0.4, -0.2) is 62.1 Å². The molecule has 0 aliphatic carbocycles.